The number of aryl methyl sites for hydroxylation is 2. The Kier molecular flexibility index (Phi) is 6.06. The third kappa shape index (κ3) is 4.41. The van der Waals surface area contributed by atoms with Gasteiger partial charge >= 0.3 is 0 Å². The van der Waals surface area contributed by atoms with Crippen LogP contribution in [0.5, 0.6) is 0 Å². The quantitative estimate of drug-likeness (QED) is 0.201. The molecule has 1 heterocycles. The molecule has 5 rings (SSSR count). The average Bonchev–Trinajstić information content (AvgIpc) is 2.85. The summed E-state index contributed by atoms with van der Waals surface area (Å²) in [7, 11) is 0. The molecule has 0 amide bonds. The monoisotopic (exact) mass is 496 g/mol. The van der Waals surface area contributed by atoms with Crippen LogP contribution in [0.3, 0.4) is 0 Å². The van der Waals surface area contributed by atoms with E-state index in [0.29, 0.717) is 32.6 Å². The van der Waals surface area contributed by atoms with Gasteiger partial charge in [-0.05, 0) is 80.1 Å². The molecule has 0 bridgehead atoms. The summed E-state index contributed by atoms with van der Waals surface area (Å²) in [6.45, 7) is 4.01. The number of nitrogens with zero attached hydrogens (tertiary/aromatic N) is 1. The summed E-state index contributed by atoms with van der Waals surface area (Å²) in [5, 5.41) is 1.97. The lowest BCUT2D eigenvalue weighted by Crippen LogP contribution is -2.08. The molecular formula is C30H22Cl2N2O. The zero-order valence-electron chi connectivity index (χ0n) is 19.3. The van der Waals surface area contributed by atoms with E-state index in [1.54, 1.807) is 24.3 Å². The molecule has 0 spiro atoms. The maximum Gasteiger partial charge on any atom is 0.194 e. The predicted molar refractivity (Wildman–Crippen MR) is 146 cm³/mol. The molecule has 0 saturated carbocycles. The molecule has 0 fully saturated rings. The van der Waals surface area contributed by atoms with Crippen molar-refractivity contribution < 1.29 is 4.79 Å². The van der Waals surface area contributed by atoms with Gasteiger partial charge in [0.05, 0.1) is 11.2 Å². The molecule has 4 aromatic carbocycles. The van der Waals surface area contributed by atoms with Crippen molar-refractivity contribution in [3.63, 3.8) is 0 Å². The van der Waals surface area contributed by atoms with Gasteiger partial charge in [0.1, 0.15) is 0 Å². The number of hydrogen-bond donors (Lipinski definition) is 1. The molecule has 0 aliphatic heterocycles. The molecule has 1 aromatic heterocycles. The molecule has 5 heteroatoms. The second-order valence-electron chi connectivity index (χ2n) is 8.66. The lowest BCUT2D eigenvalue weighted by atomic mass is 9.87. The van der Waals surface area contributed by atoms with Crippen molar-refractivity contribution in [3.05, 3.63) is 117 Å². The Morgan fingerprint density at radius 2 is 1.37 bits per heavy atom. The van der Waals surface area contributed by atoms with Gasteiger partial charge in [0.15, 0.2) is 5.78 Å². The van der Waals surface area contributed by atoms with Crippen LogP contribution < -0.4 is 5.73 Å². The van der Waals surface area contributed by atoms with Gasteiger partial charge in [-0.3, -0.25) is 4.79 Å². The van der Waals surface area contributed by atoms with Crippen LogP contribution in [0.4, 0.5) is 5.69 Å². The van der Waals surface area contributed by atoms with Gasteiger partial charge in [0.2, 0.25) is 0 Å². The van der Waals surface area contributed by atoms with Crippen molar-refractivity contribution >= 4 is 45.6 Å². The fraction of sp³-hybridized carbons (Fsp3) is 0.0667. The fourth-order valence-electron chi connectivity index (χ4n) is 4.33. The second kappa shape index (κ2) is 9.18. The first-order valence-corrected chi connectivity index (χ1v) is 11.9. The first kappa shape index (κ1) is 23.1. The SMILES string of the molecule is Cc1ccc(N)c(-c2nc3ccc(C)cc3c(C(=O)c3ccc(Cl)cc3)c2-c2ccc(Cl)cc2)c1. The third-order valence-corrected chi connectivity index (χ3v) is 6.57. The predicted octanol–water partition coefficient (Wildman–Crippen LogP) is 8.31. The number of nitrogens with two attached hydrogens (primary N) is 1. The minimum absolute atomic E-state index is 0.114. The lowest BCUT2D eigenvalue weighted by Gasteiger charge is -2.19. The van der Waals surface area contributed by atoms with Crippen molar-refractivity contribution in [3.8, 4) is 22.4 Å². The Bertz CT molecular complexity index is 1590. The van der Waals surface area contributed by atoms with Crippen LogP contribution in [0, 0.1) is 13.8 Å². The van der Waals surface area contributed by atoms with Crippen molar-refractivity contribution in [2.75, 3.05) is 5.73 Å². The van der Waals surface area contributed by atoms with E-state index in [1.165, 1.54) is 0 Å². The average molecular weight is 497 g/mol. The van der Waals surface area contributed by atoms with Crippen LogP contribution in [0.15, 0.2) is 84.9 Å². The van der Waals surface area contributed by atoms with Crippen LogP contribution in [-0.2, 0) is 0 Å². The molecule has 0 aliphatic carbocycles. The van der Waals surface area contributed by atoms with Gasteiger partial charge in [-0.2, -0.15) is 0 Å². The summed E-state index contributed by atoms with van der Waals surface area (Å²) in [6, 6.07) is 26.2. The maximum atomic E-state index is 14.2. The van der Waals surface area contributed by atoms with Crippen LogP contribution in [0.25, 0.3) is 33.3 Å². The fourth-order valence-corrected chi connectivity index (χ4v) is 4.58. The number of anilines is 1. The van der Waals surface area contributed by atoms with Crippen molar-refractivity contribution in [1.82, 2.24) is 4.98 Å². The van der Waals surface area contributed by atoms with Crippen LogP contribution in [0.1, 0.15) is 27.0 Å². The number of nitrogen functional groups attached to an aromatic ring is 1. The highest BCUT2D eigenvalue weighted by atomic mass is 35.5. The summed E-state index contributed by atoms with van der Waals surface area (Å²) in [5.74, 6) is -0.114. The van der Waals surface area contributed by atoms with Crippen molar-refractivity contribution in [2.24, 2.45) is 0 Å². The number of aromatic nitrogens is 1. The van der Waals surface area contributed by atoms with E-state index in [1.807, 2.05) is 74.5 Å². The lowest BCUT2D eigenvalue weighted by molar-refractivity contribution is 0.104. The molecule has 2 N–H and O–H groups in total. The molecular weight excluding hydrogens is 475 g/mol. The number of carbonyl (C=O) groups is 1. The van der Waals surface area contributed by atoms with Gasteiger partial charge in [-0.25, -0.2) is 4.98 Å². The third-order valence-electron chi connectivity index (χ3n) is 6.07. The van der Waals surface area contributed by atoms with Gasteiger partial charge in [0.25, 0.3) is 0 Å². The van der Waals surface area contributed by atoms with Gasteiger partial charge in [-0.1, -0.05) is 58.6 Å². The van der Waals surface area contributed by atoms with Gasteiger partial charge < -0.3 is 5.73 Å². The summed E-state index contributed by atoms with van der Waals surface area (Å²) < 4.78 is 0. The first-order chi connectivity index (χ1) is 16.8. The second-order valence-corrected chi connectivity index (χ2v) is 9.54. The van der Waals surface area contributed by atoms with Gasteiger partial charge in [-0.15, -0.1) is 0 Å². The highest BCUT2D eigenvalue weighted by Crippen LogP contribution is 2.41. The largest absolute Gasteiger partial charge is 0.398 e. The molecule has 0 saturated heterocycles. The van der Waals surface area contributed by atoms with E-state index in [4.69, 9.17) is 33.9 Å². The number of fused-ring (bicyclic) bond motifs is 1. The zero-order valence-corrected chi connectivity index (χ0v) is 20.8. The Labute approximate surface area is 214 Å². The van der Waals surface area contributed by atoms with E-state index in [9.17, 15) is 4.79 Å². The number of halogens is 2. The first-order valence-electron chi connectivity index (χ1n) is 11.2. The maximum absolute atomic E-state index is 14.2. The molecule has 0 aliphatic rings. The molecule has 3 nitrogen and oxygen atoms in total. The normalized spacial score (nSPS) is 11.1. The van der Waals surface area contributed by atoms with Crippen LogP contribution >= 0.6 is 23.2 Å². The van der Waals surface area contributed by atoms with Crippen LogP contribution in [-0.4, -0.2) is 10.8 Å². The number of benzene rings is 4. The Balaban J connectivity index is 1.95. The van der Waals surface area contributed by atoms with E-state index in [-0.39, 0.29) is 5.78 Å². The van der Waals surface area contributed by atoms with E-state index < -0.39 is 0 Å². The van der Waals surface area contributed by atoms with Crippen LogP contribution in [0.2, 0.25) is 10.0 Å². The number of ketones is 1. The summed E-state index contributed by atoms with van der Waals surface area (Å²) in [5.41, 5.74) is 14.0. The van der Waals surface area contributed by atoms with Crippen molar-refractivity contribution in [1.29, 1.82) is 0 Å². The molecule has 172 valence electrons. The van der Waals surface area contributed by atoms with Gasteiger partial charge in [0, 0.05) is 43.4 Å². The number of carbonyl (C=O) groups excluding carboxylic acids is 1. The molecule has 5 aromatic rings. The Morgan fingerprint density at radius 1 is 0.771 bits per heavy atom. The van der Waals surface area contributed by atoms with E-state index >= 15 is 0 Å². The number of pyridine rings is 1. The zero-order chi connectivity index (χ0) is 24.7. The van der Waals surface area contributed by atoms with E-state index in [2.05, 4.69) is 0 Å². The number of rotatable bonds is 4. The molecule has 35 heavy (non-hydrogen) atoms. The topological polar surface area (TPSA) is 56.0 Å². The Morgan fingerprint density at radius 3 is 2.06 bits per heavy atom. The molecule has 0 unspecified atom stereocenters. The smallest absolute Gasteiger partial charge is 0.194 e. The Hall–Kier alpha value is -3.66. The standard InChI is InChI=1S/C30H22Cl2N2O/c1-17-3-13-25(33)23(15-17)29-27(19-5-9-21(31)10-6-19)28(24-16-18(2)4-14-26(24)34-29)30(35)20-7-11-22(32)12-8-20/h3-16H,33H2,1-2H3. The highest BCUT2D eigenvalue weighted by molar-refractivity contribution is 6.31. The minimum atomic E-state index is -0.114. The van der Waals surface area contributed by atoms with E-state index in [0.717, 1.165) is 38.7 Å². The molecule has 0 atom stereocenters. The minimum Gasteiger partial charge on any atom is -0.398 e. The number of hydrogen-bond acceptors (Lipinski definition) is 3. The van der Waals surface area contributed by atoms with Crippen molar-refractivity contribution in [2.45, 2.75) is 13.8 Å². The highest BCUT2D eigenvalue weighted by Gasteiger charge is 2.25. The summed E-state index contributed by atoms with van der Waals surface area (Å²) in [4.78, 5) is 19.2. The summed E-state index contributed by atoms with van der Waals surface area (Å²) >= 11 is 12.3. The summed E-state index contributed by atoms with van der Waals surface area (Å²) in [6.07, 6.45) is 0. The molecule has 0 radical (unpaired) electrons.